The molecule has 0 saturated heterocycles. The molecule has 0 radical (unpaired) electrons. The van der Waals surface area contributed by atoms with E-state index >= 15 is 0 Å². The molecule has 1 amide bonds. The number of rotatable bonds is 2. The van der Waals surface area contributed by atoms with Crippen LogP contribution in [0.15, 0.2) is 18.2 Å². The van der Waals surface area contributed by atoms with Crippen LogP contribution in [0, 0.1) is 9.39 Å². The third-order valence-corrected chi connectivity index (χ3v) is 3.80. The molecular formula is C13H13F3INO. The number of hydrogen-bond donors (Lipinski definition) is 1. The minimum Gasteiger partial charge on any atom is -0.349 e. The first-order chi connectivity index (χ1) is 8.85. The number of hydrogen-bond acceptors (Lipinski definition) is 1. The van der Waals surface area contributed by atoms with Gasteiger partial charge < -0.3 is 5.32 Å². The summed E-state index contributed by atoms with van der Waals surface area (Å²) in [6.45, 7) is 0. The molecule has 2 rings (SSSR count). The predicted molar refractivity (Wildman–Crippen MR) is 73.8 cm³/mol. The van der Waals surface area contributed by atoms with E-state index in [4.69, 9.17) is 0 Å². The van der Waals surface area contributed by atoms with Gasteiger partial charge >= 0.3 is 0 Å². The second-order valence-electron chi connectivity index (χ2n) is 4.76. The Kier molecular flexibility index (Phi) is 4.37. The Bertz CT molecular complexity index is 463. The highest BCUT2D eigenvalue weighted by molar-refractivity contribution is 14.1. The molecule has 0 spiro atoms. The summed E-state index contributed by atoms with van der Waals surface area (Å²) in [5.74, 6) is -3.50. The second kappa shape index (κ2) is 5.68. The van der Waals surface area contributed by atoms with Crippen LogP contribution in [0.5, 0.6) is 0 Å². The molecule has 0 unspecified atom stereocenters. The molecule has 19 heavy (non-hydrogen) atoms. The fraction of sp³-hybridized carbons (Fsp3) is 0.462. The fourth-order valence-electron chi connectivity index (χ4n) is 2.14. The van der Waals surface area contributed by atoms with Crippen molar-refractivity contribution < 1.29 is 18.0 Å². The van der Waals surface area contributed by atoms with Crippen LogP contribution >= 0.6 is 22.6 Å². The van der Waals surface area contributed by atoms with Gasteiger partial charge in [-0.3, -0.25) is 4.79 Å². The van der Waals surface area contributed by atoms with Crippen LogP contribution in [0.4, 0.5) is 13.2 Å². The number of nitrogens with one attached hydrogen (secondary N) is 1. The van der Waals surface area contributed by atoms with Crippen molar-refractivity contribution in [2.45, 2.75) is 37.6 Å². The summed E-state index contributed by atoms with van der Waals surface area (Å²) in [6.07, 6.45) is 0.0908. The summed E-state index contributed by atoms with van der Waals surface area (Å²) < 4.78 is 39.8. The molecule has 1 aliphatic carbocycles. The first-order valence-electron chi connectivity index (χ1n) is 6.00. The maximum atomic E-state index is 13.2. The van der Waals surface area contributed by atoms with E-state index in [1.54, 1.807) is 6.07 Å². The Morgan fingerprint density at radius 1 is 1.26 bits per heavy atom. The average molecular weight is 383 g/mol. The molecule has 0 heterocycles. The average Bonchev–Trinajstić information content (AvgIpc) is 2.30. The highest BCUT2D eigenvalue weighted by atomic mass is 127. The van der Waals surface area contributed by atoms with Gasteiger partial charge in [0.15, 0.2) is 0 Å². The molecule has 0 aliphatic heterocycles. The lowest BCUT2D eigenvalue weighted by Gasteiger charge is -2.28. The Labute approximate surface area is 122 Å². The van der Waals surface area contributed by atoms with Gasteiger partial charge in [0, 0.05) is 28.0 Å². The molecule has 0 aromatic heterocycles. The second-order valence-corrected chi connectivity index (χ2v) is 6.01. The van der Waals surface area contributed by atoms with Crippen molar-refractivity contribution in [3.8, 4) is 0 Å². The van der Waals surface area contributed by atoms with Crippen molar-refractivity contribution >= 4 is 28.5 Å². The van der Waals surface area contributed by atoms with Crippen molar-refractivity contribution in [1.29, 1.82) is 0 Å². The van der Waals surface area contributed by atoms with Crippen molar-refractivity contribution in [1.82, 2.24) is 5.32 Å². The van der Waals surface area contributed by atoms with Crippen LogP contribution in [0.25, 0.3) is 0 Å². The van der Waals surface area contributed by atoms with Crippen molar-refractivity contribution in [3.05, 3.63) is 33.1 Å². The van der Waals surface area contributed by atoms with E-state index in [-0.39, 0.29) is 37.3 Å². The van der Waals surface area contributed by atoms with Gasteiger partial charge in [-0.15, -0.1) is 0 Å². The van der Waals surface area contributed by atoms with Crippen molar-refractivity contribution in [2.75, 3.05) is 0 Å². The monoisotopic (exact) mass is 383 g/mol. The van der Waals surface area contributed by atoms with Gasteiger partial charge in [-0.1, -0.05) is 0 Å². The Morgan fingerprint density at radius 2 is 1.89 bits per heavy atom. The van der Waals surface area contributed by atoms with Crippen LogP contribution in [0.3, 0.4) is 0 Å². The van der Waals surface area contributed by atoms with Gasteiger partial charge in [-0.05, 0) is 53.6 Å². The molecule has 1 aromatic carbocycles. The minimum atomic E-state index is -2.62. The zero-order chi connectivity index (χ0) is 14.0. The molecule has 1 N–H and O–H groups in total. The lowest BCUT2D eigenvalue weighted by molar-refractivity contribution is -0.0399. The molecule has 1 saturated carbocycles. The predicted octanol–water partition coefficient (Wildman–Crippen LogP) is 3.74. The zero-order valence-electron chi connectivity index (χ0n) is 10.1. The Hall–Kier alpha value is -0.790. The first-order valence-corrected chi connectivity index (χ1v) is 7.08. The van der Waals surface area contributed by atoms with Gasteiger partial charge in [-0.2, -0.15) is 0 Å². The molecule has 6 heteroatoms. The number of carbonyl (C=O) groups excluding carboxylic acids is 1. The van der Waals surface area contributed by atoms with Gasteiger partial charge in [0.1, 0.15) is 5.82 Å². The third kappa shape index (κ3) is 4.09. The van der Waals surface area contributed by atoms with E-state index in [0.717, 1.165) is 6.07 Å². The summed E-state index contributed by atoms with van der Waals surface area (Å²) in [4.78, 5) is 11.9. The summed E-state index contributed by atoms with van der Waals surface area (Å²) >= 11 is 1.92. The van der Waals surface area contributed by atoms with E-state index in [1.807, 2.05) is 22.6 Å². The SMILES string of the molecule is O=C(NC1CCC(F)(F)CC1)c1cc(F)cc(I)c1. The molecular weight excluding hydrogens is 370 g/mol. The molecule has 1 aliphatic rings. The summed E-state index contributed by atoms with van der Waals surface area (Å²) in [5.41, 5.74) is 0.224. The molecule has 2 nitrogen and oxygen atoms in total. The summed E-state index contributed by atoms with van der Waals surface area (Å²) in [5, 5.41) is 2.69. The van der Waals surface area contributed by atoms with Crippen molar-refractivity contribution in [2.24, 2.45) is 0 Å². The maximum absolute atomic E-state index is 13.2. The normalized spacial score (nSPS) is 19.2. The number of amides is 1. The van der Waals surface area contributed by atoms with E-state index in [9.17, 15) is 18.0 Å². The van der Waals surface area contributed by atoms with Crippen LogP contribution < -0.4 is 5.32 Å². The Morgan fingerprint density at radius 3 is 2.47 bits per heavy atom. The third-order valence-electron chi connectivity index (χ3n) is 3.18. The molecule has 1 aromatic rings. The van der Waals surface area contributed by atoms with Gasteiger partial charge in [0.25, 0.3) is 5.91 Å². The van der Waals surface area contributed by atoms with Gasteiger partial charge in [0.2, 0.25) is 5.92 Å². The first kappa shape index (κ1) is 14.6. The maximum Gasteiger partial charge on any atom is 0.251 e. The topological polar surface area (TPSA) is 29.1 Å². The highest BCUT2D eigenvalue weighted by Gasteiger charge is 2.35. The lowest BCUT2D eigenvalue weighted by Crippen LogP contribution is -2.40. The quantitative estimate of drug-likeness (QED) is 0.775. The van der Waals surface area contributed by atoms with Crippen LogP contribution in [-0.2, 0) is 0 Å². The van der Waals surface area contributed by atoms with Crippen molar-refractivity contribution in [3.63, 3.8) is 0 Å². The van der Waals surface area contributed by atoms with E-state index < -0.39 is 17.6 Å². The van der Waals surface area contributed by atoms with Crippen LogP contribution in [-0.4, -0.2) is 17.9 Å². The molecule has 0 bridgehead atoms. The molecule has 0 atom stereocenters. The van der Waals surface area contributed by atoms with Gasteiger partial charge in [0.05, 0.1) is 0 Å². The molecule has 1 fully saturated rings. The smallest absolute Gasteiger partial charge is 0.251 e. The van der Waals surface area contributed by atoms with Crippen LogP contribution in [0.2, 0.25) is 0 Å². The highest BCUT2D eigenvalue weighted by Crippen LogP contribution is 2.33. The number of halogens is 4. The standard InChI is InChI=1S/C13H13F3INO/c14-9-5-8(6-10(17)7-9)12(19)18-11-1-3-13(15,16)4-2-11/h5-7,11H,1-4H2,(H,18,19). The number of benzene rings is 1. The summed E-state index contributed by atoms with van der Waals surface area (Å²) in [7, 11) is 0. The van der Waals surface area contributed by atoms with Gasteiger partial charge in [-0.25, -0.2) is 13.2 Å². The molecule has 104 valence electrons. The van der Waals surface area contributed by atoms with E-state index in [1.165, 1.54) is 6.07 Å². The van der Waals surface area contributed by atoms with E-state index in [0.29, 0.717) is 3.57 Å². The minimum absolute atomic E-state index is 0.210. The Balaban J connectivity index is 1.98. The summed E-state index contributed by atoms with van der Waals surface area (Å²) in [6, 6.07) is 3.78. The number of carbonyl (C=O) groups is 1. The largest absolute Gasteiger partial charge is 0.349 e. The lowest BCUT2D eigenvalue weighted by atomic mass is 9.92. The fourth-order valence-corrected chi connectivity index (χ4v) is 2.77. The number of alkyl halides is 2. The van der Waals surface area contributed by atoms with Crippen LogP contribution in [0.1, 0.15) is 36.0 Å². The van der Waals surface area contributed by atoms with E-state index in [2.05, 4.69) is 5.32 Å². The zero-order valence-corrected chi connectivity index (χ0v) is 12.2.